The van der Waals surface area contributed by atoms with E-state index in [0.29, 0.717) is 6.04 Å². The van der Waals surface area contributed by atoms with Crippen molar-refractivity contribution in [1.29, 1.82) is 0 Å². The molecular formula is C17H20N2S. The van der Waals surface area contributed by atoms with Crippen LogP contribution < -0.4 is 5.32 Å². The minimum atomic E-state index is 0.522. The summed E-state index contributed by atoms with van der Waals surface area (Å²) in [5.41, 5.74) is 2.66. The molecule has 2 nitrogen and oxygen atoms in total. The quantitative estimate of drug-likeness (QED) is 0.741. The molecule has 2 aromatic heterocycles. The van der Waals surface area contributed by atoms with Crippen LogP contribution in [0.2, 0.25) is 0 Å². The molecule has 104 valence electrons. The third-order valence-electron chi connectivity index (χ3n) is 3.46. The Morgan fingerprint density at radius 2 is 2.10 bits per heavy atom. The number of hydrogen-bond donors (Lipinski definition) is 1. The number of rotatable bonds is 5. The van der Waals surface area contributed by atoms with Gasteiger partial charge in [-0.1, -0.05) is 26.0 Å². The summed E-state index contributed by atoms with van der Waals surface area (Å²) in [5, 5.41) is 6.92. The largest absolute Gasteiger partial charge is 0.342 e. The molecule has 0 aliphatic heterocycles. The minimum Gasteiger partial charge on any atom is -0.342 e. The van der Waals surface area contributed by atoms with Gasteiger partial charge in [0.05, 0.1) is 6.54 Å². The molecule has 3 rings (SSSR count). The van der Waals surface area contributed by atoms with E-state index in [9.17, 15) is 0 Å². The zero-order valence-corrected chi connectivity index (χ0v) is 12.8. The molecule has 2 heterocycles. The normalized spacial score (nSPS) is 11.6. The van der Waals surface area contributed by atoms with Crippen molar-refractivity contribution in [2.24, 2.45) is 0 Å². The predicted molar refractivity (Wildman–Crippen MR) is 87.3 cm³/mol. The maximum atomic E-state index is 3.46. The number of fused-ring (bicyclic) bond motifs is 1. The van der Waals surface area contributed by atoms with E-state index >= 15 is 0 Å². The van der Waals surface area contributed by atoms with Gasteiger partial charge in [-0.05, 0) is 40.6 Å². The first-order valence-electron chi connectivity index (χ1n) is 7.06. The topological polar surface area (TPSA) is 17.0 Å². The Labute approximate surface area is 124 Å². The summed E-state index contributed by atoms with van der Waals surface area (Å²) in [6.07, 6.45) is 2.18. The van der Waals surface area contributed by atoms with E-state index in [2.05, 4.69) is 71.7 Å². The van der Waals surface area contributed by atoms with Gasteiger partial charge in [0.15, 0.2) is 0 Å². The molecular weight excluding hydrogens is 264 g/mol. The molecule has 0 fully saturated rings. The Bertz CT molecular complexity index is 680. The van der Waals surface area contributed by atoms with Crippen LogP contribution in [-0.4, -0.2) is 10.6 Å². The molecule has 3 heteroatoms. The SMILES string of the molecule is CC(C)NCc1ccc2c(ccn2Cc2cccs2)c1. The summed E-state index contributed by atoms with van der Waals surface area (Å²) in [5.74, 6) is 0. The summed E-state index contributed by atoms with van der Waals surface area (Å²) in [6.45, 7) is 6.25. The second-order valence-corrected chi connectivity index (χ2v) is 6.48. The highest BCUT2D eigenvalue weighted by atomic mass is 32.1. The molecule has 1 N–H and O–H groups in total. The molecule has 0 spiro atoms. The average Bonchev–Trinajstić information content (AvgIpc) is 3.07. The van der Waals surface area contributed by atoms with Crippen LogP contribution in [0.25, 0.3) is 10.9 Å². The van der Waals surface area contributed by atoms with Gasteiger partial charge in [-0.15, -0.1) is 11.3 Å². The second-order valence-electron chi connectivity index (χ2n) is 5.45. The lowest BCUT2D eigenvalue weighted by Crippen LogP contribution is -2.21. The zero-order chi connectivity index (χ0) is 13.9. The first kappa shape index (κ1) is 13.4. The van der Waals surface area contributed by atoms with Gasteiger partial charge in [0.25, 0.3) is 0 Å². The lowest BCUT2D eigenvalue weighted by atomic mass is 10.1. The highest BCUT2D eigenvalue weighted by Crippen LogP contribution is 2.20. The minimum absolute atomic E-state index is 0.522. The lowest BCUT2D eigenvalue weighted by Gasteiger charge is -2.09. The first-order chi connectivity index (χ1) is 9.72. The van der Waals surface area contributed by atoms with Gasteiger partial charge in [-0.25, -0.2) is 0 Å². The molecule has 0 unspecified atom stereocenters. The summed E-state index contributed by atoms with van der Waals surface area (Å²) in [6, 6.07) is 13.8. The summed E-state index contributed by atoms with van der Waals surface area (Å²) < 4.78 is 2.32. The summed E-state index contributed by atoms with van der Waals surface area (Å²) in [4.78, 5) is 1.40. The first-order valence-corrected chi connectivity index (χ1v) is 7.94. The zero-order valence-electron chi connectivity index (χ0n) is 12.0. The van der Waals surface area contributed by atoms with Gasteiger partial charge in [-0.2, -0.15) is 0 Å². The number of hydrogen-bond acceptors (Lipinski definition) is 2. The number of benzene rings is 1. The van der Waals surface area contributed by atoms with Gasteiger partial charge in [0, 0.05) is 29.2 Å². The van der Waals surface area contributed by atoms with Crippen molar-refractivity contribution in [2.45, 2.75) is 33.0 Å². The van der Waals surface area contributed by atoms with Crippen LogP contribution in [0.15, 0.2) is 48.0 Å². The Hall–Kier alpha value is -1.58. The van der Waals surface area contributed by atoms with Gasteiger partial charge >= 0.3 is 0 Å². The molecule has 0 amide bonds. The second kappa shape index (κ2) is 5.81. The van der Waals surface area contributed by atoms with Gasteiger partial charge in [0.2, 0.25) is 0 Å². The fourth-order valence-electron chi connectivity index (χ4n) is 2.39. The summed E-state index contributed by atoms with van der Waals surface area (Å²) in [7, 11) is 0. The Morgan fingerprint density at radius 1 is 1.20 bits per heavy atom. The molecule has 0 saturated carbocycles. The van der Waals surface area contributed by atoms with Crippen LogP contribution in [0.1, 0.15) is 24.3 Å². The van der Waals surface area contributed by atoms with Crippen molar-refractivity contribution in [3.8, 4) is 0 Å². The smallest absolute Gasteiger partial charge is 0.0569 e. The molecule has 0 atom stereocenters. The van der Waals surface area contributed by atoms with E-state index < -0.39 is 0 Å². The van der Waals surface area contributed by atoms with Crippen molar-refractivity contribution < 1.29 is 0 Å². The number of nitrogens with zero attached hydrogens (tertiary/aromatic N) is 1. The fraction of sp³-hybridized carbons (Fsp3) is 0.294. The molecule has 0 bridgehead atoms. The third kappa shape index (κ3) is 2.94. The van der Waals surface area contributed by atoms with Crippen molar-refractivity contribution in [3.05, 3.63) is 58.4 Å². The maximum Gasteiger partial charge on any atom is 0.0569 e. The van der Waals surface area contributed by atoms with Crippen LogP contribution in [0, 0.1) is 0 Å². The molecule has 0 radical (unpaired) electrons. The summed E-state index contributed by atoms with van der Waals surface area (Å²) >= 11 is 1.81. The molecule has 20 heavy (non-hydrogen) atoms. The Kier molecular flexibility index (Phi) is 3.90. The lowest BCUT2D eigenvalue weighted by molar-refractivity contribution is 0.589. The van der Waals surface area contributed by atoms with Crippen LogP contribution in [0.5, 0.6) is 0 Å². The van der Waals surface area contributed by atoms with Crippen molar-refractivity contribution in [2.75, 3.05) is 0 Å². The van der Waals surface area contributed by atoms with Gasteiger partial charge in [0.1, 0.15) is 0 Å². The van der Waals surface area contributed by atoms with Crippen LogP contribution in [0.3, 0.4) is 0 Å². The third-order valence-corrected chi connectivity index (χ3v) is 4.32. The number of thiophene rings is 1. The van der Waals surface area contributed by atoms with Crippen LogP contribution in [0.4, 0.5) is 0 Å². The Morgan fingerprint density at radius 3 is 2.85 bits per heavy atom. The van der Waals surface area contributed by atoms with E-state index in [4.69, 9.17) is 0 Å². The molecule has 3 aromatic rings. The van der Waals surface area contributed by atoms with Crippen LogP contribution >= 0.6 is 11.3 Å². The number of aromatic nitrogens is 1. The average molecular weight is 284 g/mol. The van der Waals surface area contributed by atoms with E-state index in [-0.39, 0.29) is 0 Å². The van der Waals surface area contributed by atoms with Crippen LogP contribution in [-0.2, 0) is 13.1 Å². The predicted octanol–water partition coefficient (Wildman–Crippen LogP) is 4.25. The highest BCUT2D eigenvalue weighted by molar-refractivity contribution is 7.09. The van der Waals surface area contributed by atoms with Gasteiger partial charge < -0.3 is 9.88 Å². The molecule has 0 aliphatic carbocycles. The van der Waals surface area contributed by atoms with Gasteiger partial charge in [-0.3, -0.25) is 0 Å². The monoisotopic (exact) mass is 284 g/mol. The highest BCUT2D eigenvalue weighted by Gasteiger charge is 2.04. The van der Waals surface area contributed by atoms with Crippen molar-refractivity contribution in [3.63, 3.8) is 0 Å². The standard InChI is InChI=1S/C17H20N2S/c1-13(2)18-11-14-5-6-17-15(10-14)7-8-19(17)12-16-4-3-9-20-16/h3-10,13,18H,11-12H2,1-2H3. The molecule has 0 aliphatic rings. The van der Waals surface area contributed by atoms with E-state index in [1.54, 1.807) is 0 Å². The van der Waals surface area contributed by atoms with E-state index in [0.717, 1.165) is 13.1 Å². The maximum absolute atomic E-state index is 3.46. The van der Waals surface area contributed by atoms with Crippen molar-refractivity contribution in [1.82, 2.24) is 9.88 Å². The number of nitrogens with one attached hydrogen (secondary N) is 1. The Balaban J connectivity index is 1.82. The van der Waals surface area contributed by atoms with E-state index in [1.807, 2.05) is 11.3 Å². The fourth-order valence-corrected chi connectivity index (χ4v) is 3.09. The molecule has 1 aromatic carbocycles. The van der Waals surface area contributed by atoms with Crippen molar-refractivity contribution >= 4 is 22.2 Å². The van der Waals surface area contributed by atoms with E-state index in [1.165, 1.54) is 21.3 Å². The molecule has 0 saturated heterocycles.